The number of hydrogen-bond donors (Lipinski definition) is 1. The summed E-state index contributed by atoms with van der Waals surface area (Å²) in [6, 6.07) is 13.0. The lowest BCUT2D eigenvalue weighted by molar-refractivity contribution is -0.137. The van der Waals surface area contributed by atoms with Crippen LogP contribution in [0.5, 0.6) is 0 Å². The molecule has 0 aliphatic carbocycles. The second-order valence-electron chi connectivity index (χ2n) is 7.24. The van der Waals surface area contributed by atoms with Crippen molar-refractivity contribution in [3.8, 4) is 0 Å². The smallest absolute Gasteiger partial charge is 0.416 e. The molecule has 0 bridgehead atoms. The molecule has 1 heterocycles. The van der Waals surface area contributed by atoms with E-state index >= 15 is 0 Å². The molecule has 3 aromatic carbocycles. The third-order valence-corrected chi connectivity index (χ3v) is 6.83. The van der Waals surface area contributed by atoms with Crippen LogP contribution in [0.1, 0.15) is 31.8 Å². The maximum atomic E-state index is 12.9. The lowest BCUT2D eigenvalue weighted by Crippen LogP contribution is -2.23. The molecule has 1 amide bonds. The minimum Gasteiger partial charge on any atom is -0.452 e. The van der Waals surface area contributed by atoms with Crippen molar-refractivity contribution in [3.05, 3.63) is 89.0 Å². The number of benzene rings is 3. The summed E-state index contributed by atoms with van der Waals surface area (Å²) in [6.45, 7) is -0.833. The van der Waals surface area contributed by atoms with E-state index in [0.29, 0.717) is 0 Å². The van der Waals surface area contributed by atoms with Gasteiger partial charge in [-0.2, -0.15) is 13.2 Å². The van der Waals surface area contributed by atoms with Gasteiger partial charge in [-0.1, -0.05) is 18.2 Å². The van der Waals surface area contributed by atoms with E-state index in [9.17, 15) is 36.0 Å². The molecule has 1 N–H and O–H groups in total. The van der Waals surface area contributed by atoms with Gasteiger partial charge in [-0.05, 0) is 48.5 Å². The predicted octanol–water partition coefficient (Wildman–Crippen LogP) is 3.88. The number of carbonyl (C=O) groups excluding carboxylic acids is 3. The second kappa shape index (κ2) is 8.41. The van der Waals surface area contributed by atoms with Crippen LogP contribution in [0.4, 0.5) is 18.9 Å². The molecular formula is C23H14F3NO6S. The van der Waals surface area contributed by atoms with Gasteiger partial charge in [0.2, 0.25) is 9.84 Å². The molecule has 0 radical (unpaired) electrons. The van der Waals surface area contributed by atoms with Gasteiger partial charge in [0.1, 0.15) is 0 Å². The van der Waals surface area contributed by atoms with E-state index in [1.165, 1.54) is 42.5 Å². The van der Waals surface area contributed by atoms with Crippen LogP contribution in [-0.2, 0) is 25.5 Å². The van der Waals surface area contributed by atoms with E-state index in [0.717, 1.165) is 24.3 Å². The molecule has 3 aromatic rings. The number of hydrogen-bond acceptors (Lipinski definition) is 6. The Hall–Kier alpha value is -3.99. The van der Waals surface area contributed by atoms with Crippen LogP contribution >= 0.6 is 0 Å². The van der Waals surface area contributed by atoms with Crippen LogP contribution in [0.15, 0.2) is 76.5 Å². The fourth-order valence-corrected chi connectivity index (χ4v) is 5.07. The number of carbonyl (C=O) groups is 3. The number of fused-ring (bicyclic) bond motifs is 2. The van der Waals surface area contributed by atoms with E-state index in [-0.39, 0.29) is 32.2 Å². The van der Waals surface area contributed by atoms with Gasteiger partial charge < -0.3 is 10.1 Å². The molecule has 0 spiro atoms. The Morgan fingerprint density at radius 1 is 0.882 bits per heavy atom. The summed E-state index contributed by atoms with van der Waals surface area (Å²) < 4.78 is 69.1. The lowest BCUT2D eigenvalue weighted by atomic mass is 10.0. The summed E-state index contributed by atoms with van der Waals surface area (Å²) >= 11 is 0. The van der Waals surface area contributed by atoms with Gasteiger partial charge in [0.25, 0.3) is 5.91 Å². The zero-order valence-electron chi connectivity index (χ0n) is 17.0. The molecule has 0 saturated heterocycles. The highest BCUT2D eigenvalue weighted by Crippen LogP contribution is 2.35. The maximum Gasteiger partial charge on any atom is 0.416 e. The van der Waals surface area contributed by atoms with Crippen molar-refractivity contribution in [1.82, 2.24) is 0 Å². The number of alkyl halides is 3. The molecule has 0 saturated carbocycles. The number of ketones is 1. The van der Waals surface area contributed by atoms with Gasteiger partial charge in [0, 0.05) is 16.8 Å². The zero-order valence-corrected chi connectivity index (χ0v) is 17.9. The Morgan fingerprint density at radius 2 is 1.59 bits per heavy atom. The fraction of sp³-hybridized carbons (Fsp3) is 0.0870. The van der Waals surface area contributed by atoms with Crippen molar-refractivity contribution >= 4 is 33.2 Å². The summed E-state index contributed by atoms with van der Waals surface area (Å²) in [5.74, 6) is -2.47. The minimum atomic E-state index is -4.60. The van der Waals surface area contributed by atoms with Gasteiger partial charge in [-0.25, -0.2) is 13.2 Å². The second-order valence-corrected chi connectivity index (χ2v) is 9.13. The van der Waals surface area contributed by atoms with Crippen molar-refractivity contribution in [2.45, 2.75) is 16.0 Å². The Morgan fingerprint density at radius 3 is 2.32 bits per heavy atom. The van der Waals surface area contributed by atoms with Crippen molar-refractivity contribution in [3.63, 3.8) is 0 Å². The predicted molar refractivity (Wildman–Crippen MR) is 112 cm³/mol. The fourth-order valence-electron chi connectivity index (χ4n) is 3.40. The van der Waals surface area contributed by atoms with Crippen LogP contribution in [-0.4, -0.2) is 32.7 Å². The van der Waals surface area contributed by atoms with Crippen LogP contribution in [0.3, 0.4) is 0 Å². The van der Waals surface area contributed by atoms with Gasteiger partial charge in [0.05, 0.1) is 20.9 Å². The van der Waals surface area contributed by atoms with E-state index in [2.05, 4.69) is 5.32 Å². The van der Waals surface area contributed by atoms with Crippen molar-refractivity contribution in [1.29, 1.82) is 0 Å². The Kier molecular flexibility index (Phi) is 5.74. The molecule has 0 unspecified atom stereocenters. The average Bonchev–Trinajstić information content (AvgIpc) is 2.80. The topological polar surface area (TPSA) is 107 Å². The number of nitrogens with one attached hydrogen (secondary N) is 1. The number of esters is 1. The molecule has 11 heteroatoms. The molecular weight excluding hydrogens is 475 g/mol. The minimum absolute atomic E-state index is 0.0246. The van der Waals surface area contributed by atoms with Crippen molar-refractivity contribution in [2.24, 2.45) is 0 Å². The first-order valence-electron chi connectivity index (χ1n) is 9.65. The zero-order chi connectivity index (χ0) is 24.7. The molecule has 4 rings (SSSR count). The van der Waals surface area contributed by atoms with Gasteiger partial charge in [-0.3, -0.25) is 9.59 Å². The highest BCUT2D eigenvalue weighted by molar-refractivity contribution is 7.91. The van der Waals surface area contributed by atoms with Crippen LogP contribution in [0, 0.1) is 0 Å². The quantitative estimate of drug-likeness (QED) is 0.436. The summed E-state index contributed by atoms with van der Waals surface area (Å²) in [4.78, 5) is 36.5. The third kappa shape index (κ3) is 4.29. The van der Waals surface area contributed by atoms with Crippen LogP contribution in [0.25, 0.3) is 0 Å². The number of sulfone groups is 1. The number of anilines is 1. The summed E-state index contributed by atoms with van der Waals surface area (Å²) in [5, 5.41) is 2.18. The van der Waals surface area contributed by atoms with E-state index < -0.39 is 45.8 Å². The maximum absolute atomic E-state index is 12.9. The Labute approximate surface area is 191 Å². The van der Waals surface area contributed by atoms with Crippen LogP contribution in [0.2, 0.25) is 0 Å². The first kappa shape index (κ1) is 23.2. The van der Waals surface area contributed by atoms with Gasteiger partial charge in [0.15, 0.2) is 12.4 Å². The van der Waals surface area contributed by atoms with Crippen molar-refractivity contribution < 1.29 is 40.7 Å². The first-order valence-corrected chi connectivity index (χ1v) is 11.1. The standard InChI is InChI=1S/C23H14F3NO6S/c24-23(25,26)14-4-3-5-15(11-14)27-20(28)12-33-22(30)13-8-9-17-19(10-13)34(31,32)18-7-2-1-6-16(18)21(17)29/h1-11H,12H2,(H,27,28). The molecule has 0 aromatic heterocycles. The lowest BCUT2D eigenvalue weighted by Gasteiger charge is -2.19. The number of amides is 1. The summed E-state index contributed by atoms with van der Waals surface area (Å²) in [6.07, 6.45) is -4.60. The molecule has 0 fully saturated rings. The Balaban J connectivity index is 1.48. The summed E-state index contributed by atoms with van der Waals surface area (Å²) in [7, 11) is -4.08. The largest absolute Gasteiger partial charge is 0.452 e. The highest BCUT2D eigenvalue weighted by Gasteiger charge is 2.35. The molecule has 1 aliphatic heterocycles. The molecule has 7 nitrogen and oxygen atoms in total. The van der Waals surface area contributed by atoms with Crippen LogP contribution < -0.4 is 5.32 Å². The average molecular weight is 489 g/mol. The Bertz CT molecular complexity index is 1450. The van der Waals surface area contributed by atoms with Crippen molar-refractivity contribution in [2.75, 3.05) is 11.9 Å². The SMILES string of the molecule is O=C(COC(=O)c1ccc2c(c1)S(=O)(=O)c1ccccc1C2=O)Nc1cccc(C(F)(F)F)c1. The normalized spacial score (nSPS) is 14.0. The van der Waals surface area contributed by atoms with E-state index in [1.807, 2.05) is 0 Å². The number of rotatable bonds is 4. The molecule has 0 atom stereocenters. The molecule has 34 heavy (non-hydrogen) atoms. The third-order valence-electron chi connectivity index (χ3n) is 4.98. The van der Waals surface area contributed by atoms with E-state index in [1.54, 1.807) is 0 Å². The first-order chi connectivity index (χ1) is 16.0. The highest BCUT2D eigenvalue weighted by atomic mass is 32.2. The molecule has 1 aliphatic rings. The monoisotopic (exact) mass is 489 g/mol. The van der Waals surface area contributed by atoms with Gasteiger partial charge >= 0.3 is 12.1 Å². The summed E-state index contributed by atoms with van der Waals surface area (Å²) in [5.41, 5.74) is -1.41. The van der Waals surface area contributed by atoms with Gasteiger partial charge in [-0.15, -0.1) is 0 Å². The van der Waals surface area contributed by atoms with E-state index in [4.69, 9.17) is 4.74 Å². The molecule has 174 valence electrons. The number of halogens is 3. The number of ether oxygens (including phenoxy) is 1.